The van der Waals surface area contributed by atoms with Crippen LogP contribution in [-0.4, -0.2) is 70.7 Å². The van der Waals surface area contributed by atoms with E-state index in [0.717, 1.165) is 31.2 Å². The lowest BCUT2D eigenvalue weighted by Crippen LogP contribution is -2.79. The summed E-state index contributed by atoms with van der Waals surface area (Å²) >= 11 is 0. The fourth-order valence-corrected chi connectivity index (χ4v) is 13.3. The van der Waals surface area contributed by atoms with Gasteiger partial charge in [-0.05, 0) is 82.6 Å². The lowest BCUT2D eigenvalue weighted by molar-refractivity contribution is -0.282. The van der Waals surface area contributed by atoms with Crippen molar-refractivity contribution >= 4 is 17.7 Å². The Balaban J connectivity index is 1.30. The number of rotatable bonds is 3. The zero-order chi connectivity index (χ0) is 31.4. The largest absolute Gasteiger partial charge is 0.472 e. The summed E-state index contributed by atoms with van der Waals surface area (Å²) in [5, 5.41) is 23.0. The first-order chi connectivity index (χ1) is 21.5. The normalized spacial score (nSPS) is 52.8. The molecule has 4 saturated heterocycles. The molecule has 9 rings (SSSR count). The average Bonchev–Trinajstić information content (AvgIpc) is 3.53. The predicted octanol–water partition coefficient (Wildman–Crippen LogP) is 3.67. The van der Waals surface area contributed by atoms with Crippen LogP contribution >= 0.6 is 0 Å². The van der Waals surface area contributed by atoms with Crippen molar-refractivity contribution in [1.29, 1.82) is 0 Å². The molecule has 4 saturated carbocycles. The van der Waals surface area contributed by atoms with E-state index in [1.807, 2.05) is 19.9 Å². The van der Waals surface area contributed by atoms with Crippen LogP contribution in [0.25, 0.3) is 0 Å². The number of ether oxygens (including phenoxy) is 4. The fraction of sp³-hybridized carbons (Fsp3) is 0.800. The van der Waals surface area contributed by atoms with Crippen molar-refractivity contribution < 1.29 is 48.0 Å². The number of esters is 2. The van der Waals surface area contributed by atoms with Gasteiger partial charge in [0.2, 0.25) is 0 Å². The predicted molar refractivity (Wildman–Crippen MR) is 154 cm³/mol. The summed E-state index contributed by atoms with van der Waals surface area (Å²) in [5.41, 5.74) is -5.15. The van der Waals surface area contributed by atoms with Gasteiger partial charge in [-0.1, -0.05) is 19.8 Å². The maximum atomic E-state index is 15.1. The average molecular weight is 625 g/mol. The highest BCUT2D eigenvalue weighted by Gasteiger charge is 2.93. The van der Waals surface area contributed by atoms with Gasteiger partial charge in [-0.2, -0.15) is 0 Å². The number of hydrogen-bond acceptors (Lipinski definition) is 10. The lowest BCUT2D eigenvalue weighted by Gasteiger charge is -2.70. The second-order valence-electron chi connectivity index (χ2n) is 16.5. The van der Waals surface area contributed by atoms with Gasteiger partial charge >= 0.3 is 11.9 Å². The molecular weight excluding hydrogens is 580 g/mol. The smallest absolute Gasteiger partial charge is 0.339 e. The number of Topliss-reactive ketones (excluding diaryl/α,β-unsaturated/α-hetero) is 1. The minimum Gasteiger partial charge on any atom is -0.472 e. The first-order valence-electron chi connectivity index (χ1n) is 17.0. The number of cyclic esters (lactones) is 2. The minimum atomic E-state index is -1.38. The molecule has 1 aromatic heterocycles. The molecule has 4 aliphatic heterocycles. The minimum absolute atomic E-state index is 0.0246. The monoisotopic (exact) mass is 624 g/mol. The Labute approximate surface area is 262 Å². The van der Waals surface area contributed by atoms with E-state index in [2.05, 4.69) is 6.92 Å². The Morgan fingerprint density at radius 3 is 2.44 bits per heavy atom. The number of ketones is 1. The Morgan fingerprint density at radius 1 is 0.978 bits per heavy atom. The van der Waals surface area contributed by atoms with Crippen LogP contribution in [0.15, 0.2) is 23.0 Å². The molecule has 0 amide bonds. The molecule has 244 valence electrons. The van der Waals surface area contributed by atoms with E-state index < -0.39 is 69.2 Å². The highest BCUT2D eigenvalue weighted by molar-refractivity contribution is 5.92. The van der Waals surface area contributed by atoms with Crippen molar-refractivity contribution in [2.75, 3.05) is 13.2 Å². The highest BCUT2D eigenvalue weighted by atomic mass is 16.7. The summed E-state index contributed by atoms with van der Waals surface area (Å²) in [6, 6.07) is 1.82. The Morgan fingerprint density at radius 2 is 1.76 bits per heavy atom. The molecule has 2 N–H and O–H groups in total. The maximum absolute atomic E-state index is 15.1. The SMILES string of the molecule is CC1(C)O[C@H]2[C@@]3(CC[C@@H](CO)C3)C(=O)OC[C@]23C2CC[C@@]4(C)[C@H](c5ccoc5)OC(=O)[C@H]5O[C@@]54[C@]2(C2CCCC2)[C@H](O)C(=O)[C@H]13. The van der Waals surface area contributed by atoms with Crippen molar-refractivity contribution in [3.8, 4) is 0 Å². The van der Waals surface area contributed by atoms with Crippen LogP contribution in [0.4, 0.5) is 0 Å². The summed E-state index contributed by atoms with van der Waals surface area (Å²) in [5.74, 6) is -2.23. The second-order valence-corrected chi connectivity index (χ2v) is 16.5. The van der Waals surface area contributed by atoms with E-state index >= 15 is 4.79 Å². The number of furan rings is 1. The first kappa shape index (κ1) is 28.9. The van der Waals surface area contributed by atoms with Crippen molar-refractivity contribution in [3.05, 3.63) is 24.2 Å². The van der Waals surface area contributed by atoms with Crippen LogP contribution in [0.5, 0.6) is 0 Å². The molecule has 4 aliphatic carbocycles. The van der Waals surface area contributed by atoms with Crippen molar-refractivity contribution in [2.45, 2.75) is 114 Å². The third-order valence-electron chi connectivity index (χ3n) is 14.6. The fourth-order valence-electron chi connectivity index (χ4n) is 13.3. The van der Waals surface area contributed by atoms with Gasteiger partial charge < -0.3 is 33.6 Å². The van der Waals surface area contributed by atoms with Gasteiger partial charge in [-0.25, -0.2) is 4.79 Å². The van der Waals surface area contributed by atoms with E-state index in [-0.39, 0.29) is 42.7 Å². The third kappa shape index (κ3) is 2.98. The number of aliphatic hydroxyl groups excluding tert-OH is 2. The zero-order valence-electron chi connectivity index (χ0n) is 26.3. The number of carbonyl (C=O) groups excluding carboxylic acids is 3. The van der Waals surface area contributed by atoms with Crippen LogP contribution in [0.3, 0.4) is 0 Å². The first-order valence-corrected chi connectivity index (χ1v) is 17.0. The molecule has 45 heavy (non-hydrogen) atoms. The Hall–Kier alpha value is -2.27. The van der Waals surface area contributed by atoms with Crippen LogP contribution in [0.1, 0.15) is 90.2 Å². The molecular formula is C35H44O10. The molecule has 8 fully saturated rings. The van der Waals surface area contributed by atoms with Gasteiger partial charge in [-0.15, -0.1) is 0 Å². The topological polar surface area (TPSA) is 145 Å². The van der Waals surface area contributed by atoms with Gasteiger partial charge in [0.1, 0.15) is 24.4 Å². The number of hydrogen-bond donors (Lipinski definition) is 2. The standard InChI is InChI=1S/C35H44O10/c1-30(2)23-22(37)24(38)34(20-6-4-5-7-20)21(33(23)17-42-29(40)32(28(33)45-30)12-8-18(14-32)15-36)9-11-31(3)25(19-10-13-41-16-19)43-27(39)26-35(31,34)44-26/h10,13,16,18,20-21,23-26,28,36,38H,4-9,11-12,14-15,17H2,1-3H3/t18-,21?,23-,24-,25+,26-,28+,31+,32+,33-,34+,35+/m1/s1. The summed E-state index contributed by atoms with van der Waals surface area (Å²) in [6.45, 7) is 5.93. The molecule has 0 radical (unpaired) electrons. The molecule has 1 unspecified atom stereocenters. The summed E-state index contributed by atoms with van der Waals surface area (Å²) in [6.07, 6.45) is 6.04. The molecule has 3 spiro atoms. The van der Waals surface area contributed by atoms with Crippen molar-refractivity contribution in [3.63, 3.8) is 0 Å². The molecule has 1 aromatic rings. The molecule has 0 aromatic carbocycles. The molecule has 12 atom stereocenters. The van der Waals surface area contributed by atoms with Crippen LogP contribution in [-0.2, 0) is 33.3 Å². The summed E-state index contributed by atoms with van der Waals surface area (Å²) in [7, 11) is 0. The molecule has 5 heterocycles. The van der Waals surface area contributed by atoms with Gasteiger partial charge in [0.15, 0.2) is 11.9 Å². The second kappa shape index (κ2) is 8.79. The van der Waals surface area contributed by atoms with E-state index in [9.17, 15) is 19.8 Å². The molecule has 10 nitrogen and oxygen atoms in total. The molecule has 0 bridgehead atoms. The van der Waals surface area contributed by atoms with E-state index in [1.165, 1.54) is 0 Å². The number of epoxide rings is 1. The van der Waals surface area contributed by atoms with E-state index in [0.29, 0.717) is 32.1 Å². The quantitative estimate of drug-likeness (QED) is 0.378. The maximum Gasteiger partial charge on any atom is 0.339 e. The summed E-state index contributed by atoms with van der Waals surface area (Å²) < 4.78 is 31.6. The summed E-state index contributed by atoms with van der Waals surface area (Å²) in [4.78, 5) is 42.8. The molecule has 10 heteroatoms. The van der Waals surface area contributed by atoms with Gasteiger partial charge in [0, 0.05) is 28.4 Å². The van der Waals surface area contributed by atoms with E-state index in [4.69, 9.17) is 23.4 Å². The Kier molecular flexibility index (Phi) is 5.65. The number of aliphatic hydroxyl groups is 2. The van der Waals surface area contributed by atoms with Crippen molar-refractivity contribution in [1.82, 2.24) is 0 Å². The van der Waals surface area contributed by atoms with Gasteiger partial charge in [0.05, 0.1) is 35.6 Å². The van der Waals surface area contributed by atoms with Crippen LogP contribution < -0.4 is 0 Å². The van der Waals surface area contributed by atoms with Crippen LogP contribution in [0.2, 0.25) is 0 Å². The number of carbonyl (C=O) groups is 3. The van der Waals surface area contributed by atoms with Gasteiger partial charge in [-0.3, -0.25) is 9.59 Å². The van der Waals surface area contributed by atoms with Crippen molar-refractivity contribution in [2.24, 2.45) is 45.3 Å². The molecule has 8 aliphatic rings. The Bertz CT molecular complexity index is 1460. The third-order valence-corrected chi connectivity index (χ3v) is 14.6. The lowest BCUT2D eigenvalue weighted by atomic mass is 9.32. The number of fused-ring (bicyclic) bond motifs is 2. The van der Waals surface area contributed by atoms with Crippen LogP contribution in [0, 0.1) is 45.3 Å². The zero-order valence-corrected chi connectivity index (χ0v) is 26.3. The highest BCUT2D eigenvalue weighted by Crippen LogP contribution is 2.83. The van der Waals surface area contributed by atoms with E-state index in [1.54, 1.807) is 12.5 Å². The van der Waals surface area contributed by atoms with Gasteiger partial charge in [0.25, 0.3) is 0 Å².